The number of amides is 4. The molecule has 27 heavy (non-hydrogen) atoms. The van der Waals surface area contributed by atoms with Gasteiger partial charge in [-0.05, 0) is 19.3 Å². The van der Waals surface area contributed by atoms with Crippen LogP contribution < -0.4 is 0 Å². The quantitative estimate of drug-likeness (QED) is 0.685. The minimum atomic E-state index is -0.392. The van der Waals surface area contributed by atoms with Gasteiger partial charge in [0.05, 0.1) is 6.54 Å². The fraction of sp³-hybridized carbons (Fsp3) is 0.667. The van der Waals surface area contributed by atoms with Crippen molar-refractivity contribution in [3.8, 4) is 0 Å². The second-order valence-electron chi connectivity index (χ2n) is 7.61. The Kier molecular flexibility index (Phi) is 4.86. The Hall–Kier alpha value is -2.42. The predicted octanol–water partition coefficient (Wildman–Crippen LogP) is 0.146. The zero-order valence-corrected chi connectivity index (χ0v) is 15.7. The van der Waals surface area contributed by atoms with E-state index in [9.17, 15) is 14.4 Å². The molecule has 0 aromatic carbocycles. The van der Waals surface area contributed by atoms with Gasteiger partial charge < -0.3 is 14.4 Å². The van der Waals surface area contributed by atoms with Gasteiger partial charge in [0, 0.05) is 51.7 Å². The number of carbonyl (C=O) groups is 3. The Morgan fingerprint density at radius 2 is 2.00 bits per heavy atom. The average molecular weight is 374 g/mol. The van der Waals surface area contributed by atoms with Crippen LogP contribution in [0.1, 0.15) is 31.1 Å². The number of hydrogen-bond acceptors (Lipinski definition) is 5. The highest BCUT2D eigenvalue weighted by molar-refractivity contribution is 6.04. The van der Waals surface area contributed by atoms with Crippen molar-refractivity contribution in [3.05, 3.63) is 18.2 Å². The van der Waals surface area contributed by atoms with Gasteiger partial charge in [-0.2, -0.15) is 0 Å². The number of hydrogen-bond donors (Lipinski definition) is 0. The summed E-state index contributed by atoms with van der Waals surface area (Å²) in [5.41, 5.74) is 0. The molecule has 1 aliphatic carbocycles. The molecule has 0 bridgehead atoms. The topological polar surface area (TPSA) is 82.0 Å². The number of urea groups is 1. The molecule has 9 heteroatoms. The summed E-state index contributed by atoms with van der Waals surface area (Å²) >= 11 is 0. The van der Waals surface area contributed by atoms with Crippen molar-refractivity contribution in [1.29, 1.82) is 0 Å². The summed E-state index contributed by atoms with van der Waals surface area (Å²) in [6, 6.07) is 0.220. The van der Waals surface area contributed by atoms with Gasteiger partial charge in [0.1, 0.15) is 18.9 Å². The molecule has 0 spiro atoms. The SMILES string of the molecule is CN1CC(=O)N(CC(=O)N2CCCN(Cc3nccn3C3CC3)CC2)C1=O. The van der Waals surface area contributed by atoms with Crippen LogP contribution in [0.15, 0.2) is 12.4 Å². The number of carbonyl (C=O) groups excluding carboxylic acids is 3. The number of nitrogens with zero attached hydrogens (tertiary/aromatic N) is 6. The maximum Gasteiger partial charge on any atom is 0.327 e. The van der Waals surface area contributed by atoms with E-state index in [-0.39, 0.29) is 24.9 Å². The molecule has 9 nitrogen and oxygen atoms in total. The third-order valence-corrected chi connectivity index (χ3v) is 5.52. The smallest absolute Gasteiger partial charge is 0.327 e. The van der Waals surface area contributed by atoms with E-state index in [1.165, 1.54) is 17.7 Å². The van der Waals surface area contributed by atoms with Crippen LogP contribution in [0.25, 0.3) is 0 Å². The van der Waals surface area contributed by atoms with Crippen molar-refractivity contribution >= 4 is 17.8 Å². The third kappa shape index (κ3) is 3.83. The van der Waals surface area contributed by atoms with Gasteiger partial charge in [-0.3, -0.25) is 19.4 Å². The van der Waals surface area contributed by atoms with Crippen molar-refractivity contribution in [3.63, 3.8) is 0 Å². The Morgan fingerprint density at radius 3 is 2.70 bits per heavy atom. The first-order chi connectivity index (χ1) is 13.0. The first-order valence-electron chi connectivity index (χ1n) is 9.60. The first kappa shape index (κ1) is 18.0. The second kappa shape index (κ2) is 7.30. The lowest BCUT2D eigenvalue weighted by atomic mass is 10.3. The fourth-order valence-corrected chi connectivity index (χ4v) is 3.79. The number of aromatic nitrogens is 2. The van der Waals surface area contributed by atoms with E-state index >= 15 is 0 Å². The summed E-state index contributed by atoms with van der Waals surface area (Å²) in [5, 5.41) is 0. The molecule has 4 amide bonds. The fourth-order valence-electron chi connectivity index (χ4n) is 3.79. The Morgan fingerprint density at radius 1 is 1.19 bits per heavy atom. The number of imidazole rings is 1. The van der Waals surface area contributed by atoms with Crippen molar-refractivity contribution < 1.29 is 14.4 Å². The molecule has 2 saturated heterocycles. The summed E-state index contributed by atoms with van der Waals surface area (Å²) < 4.78 is 2.27. The number of likely N-dealkylation sites (N-methyl/N-ethyl adjacent to an activating group) is 1. The van der Waals surface area contributed by atoms with E-state index < -0.39 is 6.03 Å². The van der Waals surface area contributed by atoms with Crippen LogP contribution in [-0.2, 0) is 16.1 Å². The van der Waals surface area contributed by atoms with Gasteiger partial charge >= 0.3 is 6.03 Å². The molecule has 3 heterocycles. The highest BCUT2D eigenvalue weighted by Gasteiger charge is 2.36. The minimum Gasteiger partial charge on any atom is -0.340 e. The highest BCUT2D eigenvalue weighted by atomic mass is 16.2. The number of imide groups is 1. The zero-order chi connectivity index (χ0) is 19.0. The number of rotatable bonds is 5. The molecule has 2 aliphatic heterocycles. The summed E-state index contributed by atoms with van der Waals surface area (Å²) in [6.07, 6.45) is 7.26. The van der Waals surface area contributed by atoms with Gasteiger partial charge in [-0.1, -0.05) is 0 Å². The van der Waals surface area contributed by atoms with Crippen LogP contribution in [0.5, 0.6) is 0 Å². The first-order valence-corrected chi connectivity index (χ1v) is 9.60. The Labute approximate surface area is 158 Å². The van der Waals surface area contributed by atoms with Gasteiger partial charge in [-0.25, -0.2) is 9.78 Å². The van der Waals surface area contributed by atoms with E-state index in [1.54, 1.807) is 11.9 Å². The van der Waals surface area contributed by atoms with Crippen LogP contribution in [0.3, 0.4) is 0 Å². The Balaban J connectivity index is 1.31. The second-order valence-corrected chi connectivity index (χ2v) is 7.61. The maximum absolute atomic E-state index is 12.6. The Bertz CT molecular complexity index is 743. The molecule has 146 valence electrons. The van der Waals surface area contributed by atoms with Gasteiger partial charge in [0.15, 0.2) is 0 Å². The normalized spacial score (nSPS) is 21.9. The van der Waals surface area contributed by atoms with E-state index in [2.05, 4.69) is 20.6 Å². The molecule has 1 aromatic rings. The van der Waals surface area contributed by atoms with Crippen molar-refractivity contribution in [2.45, 2.75) is 31.8 Å². The van der Waals surface area contributed by atoms with Crippen LogP contribution >= 0.6 is 0 Å². The monoisotopic (exact) mass is 374 g/mol. The van der Waals surface area contributed by atoms with Gasteiger partial charge in [-0.15, -0.1) is 0 Å². The van der Waals surface area contributed by atoms with E-state index in [4.69, 9.17) is 0 Å². The summed E-state index contributed by atoms with van der Waals surface area (Å²) in [6.45, 7) is 3.62. The largest absolute Gasteiger partial charge is 0.340 e. The van der Waals surface area contributed by atoms with Crippen LogP contribution in [-0.4, -0.2) is 93.3 Å². The lowest BCUT2D eigenvalue weighted by Gasteiger charge is -2.24. The van der Waals surface area contributed by atoms with Gasteiger partial charge in [0.2, 0.25) is 5.91 Å². The molecule has 0 unspecified atom stereocenters. The molecule has 0 atom stereocenters. The van der Waals surface area contributed by atoms with Crippen molar-refractivity contribution in [2.24, 2.45) is 0 Å². The molecule has 0 radical (unpaired) electrons. The lowest BCUT2D eigenvalue weighted by molar-refractivity contribution is -0.136. The standard InChI is InChI=1S/C18H26N6O3/c1-20-12-17(26)24(18(20)27)13-16(25)22-7-2-6-21(9-10-22)11-15-19-5-8-23(15)14-3-4-14/h5,8,14H,2-4,6-7,9-13H2,1H3. The van der Waals surface area contributed by atoms with E-state index in [0.717, 1.165) is 36.8 Å². The molecule has 3 fully saturated rings. The van der Waals surface area contributed by atoms with Crippen molar-refractivity contribution in [2.75, 3.05) is 46.3 Å². The van der Waals surface area contributed by atoms with Crippen LogP contribution in [0.4, 0.5) is 4.79 Å². The van der Waals surface area contributed by atoms with E-state index in [1.807, 2.05) is 6.20 Å². The predicted molar refractivity (Wildman–Crippen MR) is 96.7 cm³/mol. The molecular weight excluding hydrogens is 348 g/mol. The molecule has 1 saturated carbocycles. The summed E-state index contributed by atoms with van der Waals surface area (Å²) in [5.74, 6) is 0.626. The van der Waals surface area contributed by atoms with Gasteiger partial charge in [0.25, 0.3) is 5.91 Å². The zero-order valence-electron chi connectivity index (χ0n) is 15.7. The summed E-state index contributed by atoms with van der Waals surface area (Å²) in [7, 11) is 1.57. The molecule has 1 aromatic heterocycles. The minimum absolute atomic E-state index is 0.0491. The maximum atomic E-state index is 12.6. The average Bonchev–Trinajstić information content (AvgIpc) is 3.38. The third-order valence-electron chi connectivity index (χ3n) is 5.52. The molecule has 0 N–H and O–H groups in total. The molecule has 3 aliphatic rings. The van der Waals surface area contributed by atoms with Crippen LogP contribution in [0, 0.1) is 0 Å². The van der Waals surface area contributed by atoms with E-state index in [0.29, 0.717) is 19.1 Å². The lowest BCUT2D eigenvalue weighted by Crippen LogP contribution is -2.44. The molecule has 4 rings (SSSR count). The summed E-state index contributed by atoms with van der Waals surface area (Å²) in [4.78, 5) is 47.4. The molecular formula is C18H26N6O3. The van der Waals surface area contributed by atoms with Crippen LogP contribution in [0.2, 0.25) is 0 Å². The highest BCUT2D eigenvalue weighted by Crippen LogP contribution is 2.35. The van der Waals surface area contributed by atoms with Crippen molar-refractivity contribution in [1.82, 2.24) is 29.2 Å².